The monoisotopic (exact) mass is 378 g/mol. The van der Waals surface area contributed by atoms with Gasteiger partial charge in [-0.1, -0.05) is 38.7 Å². The second-order valence-corrected chi connectivity index (χ2v) is 7.70. The largest absolute Gasteiger partial charge is 0.206 e. The maximum atomic E-state index is 14.6. The molecular formula is C23H26F4. The smallest absolute Gasteiger partial charge is 0.159 e. The van der Waals surface area contributed by atoms with Crippen LogP contribution in [0.15, 0.2) is 30.3 Å². The summed E-state index contributed by atoms with van der Waals surface area (Å²) >= 11 is 0. The van der Waals surface area contributed by atoms with Gasteiger partial charge in [0.15, 0.2) is 11.6 Å². The molecular weight excluding hydrogens is 352 g/mol. The van der Waals surface area contributed by atoms with Gasteiger partial charge in [-0.25, -0.2) is 17.6 Å². The van der Waals surface area contributed by atoms with Gasteiger partial charge >= 0.3 is 0 Å². The minimum Gasteiger partial charge on any atom is -0.206 e. The van der Waals surface area contributed by atoms with Crippen molar-refractivity contribution in [2.75, 3.05) is 0 Å². The van der Waals surface area contributed by atoms with Crippen molar-refractivity contribution in [3.8, 4) is 11.1 Å². The van der Waals surface area contributed by atoms with Crippen LogP contribution in [-0.2, 0) is 0 Å². The molecule has 146 valence electrons. The van der Waals surface area contributed by atoms with Crippen LogP contribution in [0, 0.1) is 29.2 Å². The molecule has 3 rings (SSSR count). The maximum Gasteiger partial charge on any atom is 0.159 e. The van der Waals surface area contributed by atoms with Crippen molar-refractivity contribution in [2.45, 2.75) is 64.2 Å². The summed E-state index contributed by atoms with van der Waals surface area (Å²) in [6.45, 7) is 2.20. The van der Waals surface area contributed by atoms with Crippen LogP contribution < -0.4 is 0 Å². The first kappa shape index (κ1) is 19.9. The van der Waals surface area contributed by atoms with Gasteiger partial charge < -0.3 is 0 Å². The predicted octanol–water partition coefficient (Wildman–Crippen LogP) is 7.76. The summed E-state index contributed by atoms with van der Waals surface area (Å²) in [4.78, 5) is 0. The number of benzene rings is 2. The van der Waals surface area contributed by atoms with Crippen molar-refractivity contribution in [2.24, 2.45) is 5.92 Å². The third kappa shape index (κ3) is 4.72. The van der Waals surface area contributed by atoms with Crippen LogP contribution in [0.25, 0.3) is 11.1 Å². The molecule has 0 amide bonds. The van der Waals surface area contributed by atoms with E-state index in [1.165, 1.54) is 43.9 Å². The van der Waals surface area contributed by atoms with E-state index < -0.39 is 23.3 Å². The molecule has 1 fully saturated rings. The van der Waals surface area contributed by atoms with Crippen molar-refractivity contribution in [1.82, 2.24) is 0 Å². The summed E-state index contributed by atoms with van der Waals surface area (Å²) in [6.07, 6.45) is 9.09. The van der Waals surface area contributed by atoms with Crippen LogP contribution >= 0.6 is 0 Å². The highest BCUT2D eigenvalue weighted by Crippen LogP contribution is 2.39. The molecule has 0 nitrogen and oxygen atoms in total. The first-order chi connectivity index (χ1) is 13.0. The van der Waals surface area contributed by atoms with Crippen LogP contribution in [0.4, 0.5) is 17.6 Å². The molecule has 1 aliphatic carbocycles. The highest BCUT2D eigenvalue weighted by molar-refractivity contribution is 5.65. The zero-order chi connectivity index (χ0) is 19.4. The van der Waals surface area contributed by atoms with E-state index in [9.17, 15) is 17.6 Å². The average Bonchev–Trinajstić information content (AvgIpc) is 2.65. The highest BCUT2D eigenvalue weighted by atomic mass is 19.2. The van der Waals surface area contributed by atoms with Gasteiger partial charge in [0.1, 0.15) is 11.6 Å². The van der Waals surface area contributed by atoms with Crippen LogP contribution in [-0.4, -0.2) is 0 Å². The Morgan fingerprint density at radius 2 is 1.44 bits per heavy atom. The first-order valence-corrected chi connectivity index (χ1v) is 9.94. The lowest BCUT2D eigenvalue weighted by atomic mass is 9.77. The van der Waals surface area contributed by atoms with Gasteiger partial charge in [0.05, 0.1) is 5.56 Å². The fourth-order valence-electron chi connectivity index (χ4n) is 4.22. The zero-order valence-corrected chi connectivity index (χ0v) is 15.7. The second-order valence-electron chi connectivity index (χ2n) is 7.70. The molecule has 0 saturated heterocycles. The van der Waals surface area contributed by atoms with E-state index in [-0.39, 0.29) is 17.0 Å². The molecule has 4 heteroatoms. The van der Waals surface area contributed by atoms with Gasteiger partial charge in [-0.05, 0) is 72.9 Å². The molecule has 0 N–H and O–H groups in total. The topological polar surface area (TPSA) is 0 Å². The van der Waals surface area contributed by atoms with Crippen LogP contribution in [0.1, 0.15) is 69.8 Å². The summed E-state index contributed by atoms with van der Waals surface area (Å²) in [7, 11) is 0. The predicted molar refractivity (Wildman–Crippen MR) is 101 cm³/mol. The van der Waals surface area contributed by atoms with Crippen molar-refractivity contribution in [1.29, 1.82) is 0 Å². The fraction of sp³-hybridized carbons (Fsp3) is 0.478. The van der Waals surface area contributed by atoms with Crippen LogP contribution in [0.2, 0.25) is 0 Å². The Balaban J connectivity index is 1.73. The number of rotatable bonds is 6. The molecule has 0 unspecified atom stereocenters. The molecule has 0 atom stereocenters. The zero-order valence-electron chi connectivity index (χ0n) is 15.7. The molecule has 27 heavy (non-hydrogen) atoms. The lowest BCUT2D eigenvalue weighted by molar-refractivity contribution is 0.302. The quantitative estimate of drug-likeness (QED) is 0.356. The minimum atomic E-state index is -1.11. The molecule has 0 bridgehead atoms. The van der Waals surface area contributed by atoms with Gasteiger partial charge in [0.2, 0.25) is 0 Å². The van der Waals surface area contributed by atoms with E-state index in [0.29, 0.717) is 5.56 Å². The Morgan fingerprint density at radius 3 is 2.04 bits per heavy atom. The Hall–Kier alpha value is -1.84. The van der Waals surface area contributed by atoms with E-state index in [2.05, 4.69) is 6.92 Å². The van der Waals surface area contributed by atoms with Gasteiger partial charge in [-0.15, -0.1) is 0 Å². The van der Waals surface area contributed by atoms with Gasteiger partial charge in [-0.3, -0.25) is 0 Å². The van der Waals surface area contributed by atoms with Crippen molar-refractivity contribution in [3.05, 3.63) is 59.2 Å². The van der Waals surface area contributed by atoms with Crippen LogP contribution in [0.5, 0.6) is 0 Å². The van der Waals surface area contributed by atoms with E-state index in [1.54, 1.807) is 0 Å². The molecule has 0 radical (unpaired) electrons. The molecule has 0 spiro atoms. The highest BCUT2D eigenvalue weighted by Gasteiger charge is 2.24. The summed E-state index contributed by atoms with van der Waals surface area (Å²) in [6, 6.07) is 5.64. The van der Waals surface area contributed by atoms with Crippen molar-refractivity contribution in [3.63, 3.8) is 0 Å². The number of unbranched alkanes of at least 4 members (excludes halogenated alkanes) is 2. The van der Waals surface area contributed by atoms with Crippen LogP contribution in [0.3, 0.4) is 0 Å². The molecule has 1 aliphatic rings. The van der Waals surface area contributed by atoms with E-state index >= 15 is 0 Å². The third-order valence-corrected chi connectivity index (χ3v) is 5.81. The van der Waals surface area contributed by atoms with Gasteiger partial charge in [-0.2, -0.15) is 0 Å². The Morgan fingerprint density at radius 1 is 0.778 bits per heavy atom. The number of halogens is 4. The Kier molecular flexibility index (Phi) is 6.56. The minimum absolute atomic E-state index is 0.00934. The first-order valence-electron chi connectivity index (χ1n) is 9.94. The summed E-state index contributed by atoms with van der Waals surface area (Å²) in [5.74, 6) is -2.70. The van der Waals surface area contributed by atoms with Crippen molar-refractivity contribution >= 4 is 0 Å². The van der Waals surface area contributed by atoms with Gasteiger partial charge in [0.25, 0.3) is 0 Å². The molecule has 1 saturated carbocycles. The molecule has 0 aromatic heterocycles. The third-order valence-electron chi connectivity index (χ3n) is 5.81. The average molecular weight is 378 g/mol. The SMILES string of the molecule is CCCCC[C@H]1CC[C@H](c2cc(F)c(-c3ccc(F)c(F)c3)c(F)c2)CC1. The Bertz CT molecular complexity index is 753. The van der Waals surface area contributed by atoms with E-state index in [4.69, 9.17) is 0 Å². The van der Waals surface area contributed by atoms with Crippen molar-refractivity contribution < 1.29 is 17.6 Å². The normalized spacial score (nSPS) is 20.0. The van der Waals surface area contributed by atoms with Gasteiger partial charge in [0, 0.05) is 0 Å². The van der Waals surface area contributed by atoms with E-state index in [0.717, 1.165) is 43.7 Å². The number of hydrogen-bond donors (Lipinski definition) is 0. The lowest BCUT2D eigenvalue weighted by Gasteiger charge is -2.29. The molecule has 0 heterocycles. The second kappa shape index (κ2) is 8.90. The number of hydrogen-bond acceptors (Lipinski definition) is 0. The lowest BCUT2D eigenvalue weighted by Crippen LogP contribution is -2.14. The molecule has 2 aromatic rings. The fourth-order valence-corrected chi connectivity index (χ4v) is 4.22. The summed E-state index contributed by atoms with van der Waals surface area (Å²) in [5, 5.41) is 0. The molecule has 2 aromatic carbocycles. The van der Waals surface area contributed by atoms with E-state index in [1.807, 2.05) is 0 Å². The maximum absolute atomic E-state index is 14.6. The summed E-state index contributed by atoms with van der Waals surface area (Å²) < 4.78 is 55.7. The Labute approximate surface area is 158 Å². The standard InChI is InChI=1S/C23H26F4/c1-2-3-4-5-15-6-8-16(9-7-15)18-13-21(26)23(22(27)14-18)17-10-11-19(24)20(25)12-17/h10-16H,2-9H2,1H3/t15-,16-. The molecule has 0 aliphatic heterocycles. The summed E-state index contributed by atoms with van der Waals surface area (Å²) in [5.41, 5.74) is 0.379.